The Morgan fingerprint density at radius 2 is 0.955 bits per heavy atom. The second-order valence-corrected chi connectivity index (χ2v) is 21.1. The molecule has 5 aromatic carbocycles. The van der Waals surface area contributed by atoms with Crippen LogP contribution in [0, 0.1) is 0 Å². The predicted octanol–water partition coefficient (Wildman–Crippen LogP) is 10.2. The zero-order valence-corrected chi connectivity index (χ0v) is 43.6. The van der Waals surface area contributed by atoms with E-state index in [9.17, 15) is 9.59 Å². The standard InChI is InChI=1S/C23H27N3O2S.C17H23N3O2.C12H10S2.Na.H/c1-23(2,3)28-22(27)26-14-12-25(13-15-26)19-11-7-10-18-20(16-24-21(18)19)29-17-8-5-4-6-9-17;1-17(2,3)22-16(21)20-11-9-19(10-12-20)14-6-4-5-13-7-8-18-15(13)14;1-3-7-11(8-4-1)13-14-12-9-5-2-6-10-12;;/h4-11,16,24H,12-15H2,1-3H3;4-8,18H,9-12H2,1-3H3;1-10H;;/q;;;+1;-1. The number of carbonyl (C=O) groups excluding carboxylic acids is 2. The van der Waals surface area contributed by atoms with Crippen molar-refractivity contribution in [1.29, 1.82) is 0 Å². The van der Waals surface area contributed by atoms with E-state index in [0.29, 0.717) is 26.2 Å². The van der Waals surface area contributed by atoms with Crippen molar-refractivity contribution < 1.29 is 50.0 Å². The Labute approximate surface area is 425 Å². The van der Waals surface area contributed by atoms with Crippen LogP contribution < -0.4 is 39.4 Å². The summed E-state index contributed by atoms with van der Waals surface area (Å²) in [4.78, 5) is 44.5. The van der Waals surface area contributed by atoms with Gasteiger partial charge in [-0.3, -0.25) is 0 Å². The molecule has 0 spiro atoms. The van der Waals surface area contributed by atoms with Gasteiger partial charge in [0.2, 0.25) is 0 Å². The van der Waals surface area contributed by atoms with Gasteiger partial charge in [0.25, 0.3) is 0 Å². The van der Waals surface area contributed by atoms with Gasteiger partial charge in [-0.05, 0) is 96.1 Å². The summed E-state index contributed by atoms with van der Waals surface area (Å²) in [6.07, 6.45) is 3.61. The number of aromatic amines is 2. The molecule has 0 radical (unpaired) electrons. The minimum absolute atomic E-state index is 0. The molecule has 2 N–H and O–H groups in total. The normalized spacial score (nSPS) is 14.1. The van der Waals surface area contributed by atoms with Crippen LogP contribution in [-0.2, 0) is 9.47 Å². The minimum atomic E-state index is -0.461. The quantitative estimate of drug-likeness (QED) is 0.120. The topological polar surface area (TPSA) is 97.1 Å². The Morgan fingerprint density at radius 1 is 0.515 bits per heavy atom. The van der Waals surface area contributed by atoms with Crippen LogP contribution in [0.4, 0.5) is 21.0 Å². The van der Waals surface area contributed by atoms with E-state index >= 15 is 0 Å². The summed E-state index contributed by atoms with van der Waals surface area (Å²) in [5.41, 5.74) is 3.79. The summed E-state index contributed by atoms with van der Waals surface area (Å²) in [5.74, 6) is 0. The van der Waals surface area contributed by atoms with Crippen molar-refractivity contribution >= 4 is 78.7 Å². The third-order valence-electron chi connectivity index (χ3n) is 10.5. The Morgan fingerprint density at radius 3 is 1.42 bits per heavy atom. The molecule has 7 aromatic rings. The monoisotopic (exact) mass is 952 g/mol. The summed E-state index contributed by atoms with van der Waals surface area (Å²) in [6.45, 7) is 17.3. The fourth-order valence-corrected chi connectivity index (χ4v) is 10.3. The number of H-pyrrole nitrogens is 2. The smallest absolute Gasteiger partial charge is 1.00 e. The predicted molar refractivity (Wildman–Crippen MR) is 273 cm³/mol. The number of amides is 2. The number of rotatable bonds is 7. The summed E-state index contributed by atoms with van der Waals surface area (Å²) in [6, 6.07) is 46.1. The molecule has 2 amide bonds. The fourth-order valence-electron chi connectivity index (χ4n) is 7.37. The van der Waals surface area contributed by atoms with Gasteiger partial charge in [-0.25, -0.2) is 9.59 Å². The SMILES string of the molecule is CC(C)(C)OC(=O)N1CCN(c2cccc3c(Sc4ccccc4)c[nH]c23)CC1.CC(C)(C)OC(=O)N1CCN(c2cccc3cc[nH]c23)CC1.[H-].[Na+].c1ccc(SSc2ccccc2)cc1. The fraction of sp³-hybridized carbons (Fsp3) is 0.308. The Bertz CT molecular complexity index is 2550. The zero-order chi connectivity index (χ0) is 45.8. The molecule has 10 nitrogen and oxygen atoms in total. The van der Waals surface area contributed by atoms with E-state index in [4.69, 9.17) is 9.47 Å². The first kappa shape index (κ1) is 50.8. The molecule has 342 valence electrons. The minimum Gasteiger partial charge on any atom is -1.00 e. The number of hydrogen-bond donors (Lipinski definition) is 2. The maximum Gasteiger partial charge on any atom is 1.00 e. The van der Waals surface area contributed by atoms with Crippen molar-refractivity contribution in [3.8, 4) is 0 Å². The summed E-state index contributed by atoms with van der Waals surface area (Å²) < 4.78 is 10.9. The van der Waals surface area contributed by atoms with Crippen LogP contribution in [-0.4, -0.2) is 95.5 Å². The summed E-state index contributed by atoms with van der Waals surface area (Å²) in [5, 5.41) is 2.44. The average molecular weight is 953 g/mol. The number of ether oxygens (including phenoxy) is 2. The molecule has 4 heterocycles. The number of anilines is 2. The summed E-state index contributed by atoms with van der Waals surface area (Å²) >= 11 is 1.77. The molecule has 2 aliphatic heterocycles. The number of fused-ring (bicyclic) bond motifs is 2. The first-order chi connectivity index (χ1) is 31.3. The van der Waals surface area contributed by atoms with Gasteiger partial charge < -0.3 is 40.5 Å². The Hall–Kier alpha value is -4.63. The first-order valence-electron chi connectivity index (χ1n) is 22.1. The van der Waals surface area contributed by atoms with E-state index in [1.54, 1.807) is 43.1 Å². The molecule has 66 heavy (non-hydrogen) atoms. The molecule has 0 aliphatic carbocycles. The van der Waals surface area contributed by atoms with Crippen molar-refractivity contribution in [2.45, 2.75) is 72.3 Å². The molecular formula is C52H61N6NaO4S3. The molecule has 2 saturated heterocycles. The number of piperazine rings is 2. The molecule has 2 fully saturated rings. The molecule has 2 aliphatic rings. The van der Waals surface area contributed by atoms with E-state index in [-0.39, 0.29) is 43.2 Å². The molecule has 2 aromatic heterocycles. The van der Waals surface area contributed by atoms with Crippen LogP contribution >= 0.6 is 33.3 Å². The van der Waals surface area contributed by atoms with Crippen LogP contribution in [0.25, 0.3) is 21.8 Å². The molecule has 14 heteroatoms. The molecule has 9 rings (SSSR count). The third-order valence-corrected chi connectivity index (χ3v) is 13.9. The second kappa shape index (κ2) is 23.9. The number of benzene rings is 5. The van der Waals surface area contributed by atoms with Gasteiger partial charge in [0.05, 0.1) is 22.4 Å². The van der Waals surface area contributed by atoms with E-state index < -0.39 is 11.2 Å². The van der Waals surface area contributed by atoms with Gasteiger partial charge in [-0.2, -0.15) is 0 Å². The Kier molecular flexibility index (Phi) is 18.4. The molecular weight excluding hydrogens is 892 g/mol. The van der Waals surface area contributed by atoms with Gasteiger partial charge >= 0.3 is 41.7 Å². The van der Waals surface area contributed by atoms with Crippen LogP contribution in [0.15, 0.2) is 165 Å². The molecule has 0 bridgehead atoms. The second-order valence-electron chi connectivity index (χ2n) is 17.7. The van der Waals surface area contributed by atoms with Gasteiger partial charge in [-0.15, -0.1) is 0 Å². The van der Waals surface area contributed by atoms with Crippen molar-refractivity contribution in [2.24, 2.45) is 0 Å². The largest absolute Gasteiger partial charge is 1.00 e. The number of aromatic nitrogens is 2. The van der Waals surface area contributed by atoms with Crippen LogP contribution in [0.5, 0.6) is 0 Å². The number of nitrogens with one attached hydrogen (secondary N) is 2. The van der Waals surface area contributed by atoms with Crippen molar-refractivity contribution in [3.63, 3.8) is 0 Å². The van der Waals surface area contributed by atoms with Crippen LogP contribution in [0.2, 0.25) is 0 Å². The number of carbonyl (C=O) groups is 2. The molecule has 0 atom stereocenters. The number of hydrogen-bond acceptors (Lipinski definition) is 9. The maximum absolute atomic E-state index is 12.3. The van der Waals surface area contributed by atoms with Gasteiger partial charge in [0.1, 0.15) is 11.2 Å². The third kappa shape index (κ3) is 14.7. The van der Waals surface area contributed by atoms with Crippen molar-refractivity contribution in [3.05, 3.63) is 146 Å². The first-order valence-corrected chi connectivity index (χ1v) is 25.1. The molecule has 0 unspecified atom stereocenters. The van der Waals surface area contributed by atoms with E-state index in [2.05, 4.69) is 141 Å². The van der Waals surface area contributed by atoms with E-state index in [0.717, 1.165) is 37.2 Å². The number of para-hydroxylation sites is 2. The molecule has 0 saturated carbocycles. The van der Waals surface area contributed by atoms with Gasteiger partial charge in [-0.1, -0.05) is 112 Å². The van der Waals surface area contributed by atoms with Crippen LogP contribution in [0.3, 0.4) is 0 Å². The number of nitrogens with zero attached hydrogens (tertiary/aromatic N) is 4. The average Bonchev–Trinajstić information content (AvgIpc) is 3.97. The van der Waals surface area contributed by atoms with Gasteiger partial charge in [0, 0.05) is 95.1 Å². The van der Waals surface area contributed by atoms with Crippen LogP contribution in [0.1, 0.15) is 43.0 Å². The van der Waals surface area contributed by atoms with Gasteiger partial charge in [0.15, 0.2) is 0 Å². The maximum atomic E-state index is 12.3. The Balaban J connectivity index is 0.000000196. The van der Waals surface area contributed by atoms with Crippen molar-refractivity contribution in [2.75, 3.05) is 62.2 Å². The summed E-state index contributed by atoms with van der Waals surface area (Å²) in [7, 11) is 3.58. The van der Waals surface area contributed by atoms with Crippen molar-refractivity contribution in [1.82, 2.24) is 19.8 Å². The van der Waals surface area contributed by atoms with E-state index in [1.807, 2.05) is 65.9 Å². The van der Waals surface area contributed by atoms with E-state index in [1.165, 1.54) is 41.7 Å². The zero-order valence-electron chi connectivity index (χ0n) is 40.2.